The van der Waals surface area contributed by atoms with Crippen LogP contribution in [0.3, 0.4) is 0 Å². The van der Waals surface area contributed by atoms with Gasteiger partial charge in [-0.15, -0.1) is 0 Å². The number of aryl methyl sites for hydroxylation is 2. The van der Waals surface area contributed by atoms with Crippen LogP contribution in [0.25, 0.3) is 11.3 Å². The fraction of sp³-hybridized carbons (Fsp3) is 0.485. The Balaban J connectivity index is 1.38. The maximum atomic E-state index is 13.7. The van der Waals surface area contributed by atoms with Crippen molar-refractivity contribution in [1.82, 2.24) is 30.3 Å². The quantitative estimate of drug-likeness (QED) is 0.252. The zero-order chi connectivity index (χ0) is 32.6. The van der Waals surface area contributed by atoms with E-state index >= 15 is 0 Å². The number of likely N-dealkylation sites (tertiary alicyclic amines) is 1. The van der Waals surface area contributed by atoms with Gasteiger partial charge in [-0.3, -0.25) is 14.3 Å². The van der Waals surface area contributed by atoms with Gasteiger partial charge in [0.25, 0.3) is 5.91 Å². The first-order valence-electron chi connectivity index (χ1n) is 15.4. The van der Waals surface area contributed by atoms with Gasteiger partial charge in [0.15, 0.2) is 0 Å². The van der Waals surface area contributed by atoms with Crippen molar-refractivity contribution in [3.8, 4) is 11.3 Å². The van der Waals surface area contributed by atoms with Crippen molar-refractivity contribution in [2.75, 3.05) is 31.5 Å². The summed E-state index contributed by atoms with van der Waals surface area (Å²) in [6, 6.07) is 8.12. The van der Waals surface area contributed by atoms with Gasteiger partial charge >= 0.3 is 6.09 Å². The number of amides is 3. The standard InChI is InChI=1S/C33H44FN7O4/c1-22-17-27(30(39-29(22)24-19-38-40(5)21-24)35-15-13-23-9-6-10-25(34)18-23)31(43)37-20-26-11-8-16-41(26)28(42)12-7-14-36-32(44)45-33(2,3)4/h6,9-10,17-19,21,26H,7-8,11-16,20H2,1-5H3,(H,35,39)(H,36,44)(H,37,43)/t26-/m1/s1. The van der Waals surface area contributed by atoms with Crippen molar-refractivity contribution in [2.24, 2.45) is 7.05 Å². The van der Waals surface area contributed by atoms with Gasteiger partial charge in [-0.05, 0) is 82.7 Å². The number of aromatic nitrogens is 3. The lowest BCUT2D eigenvalue weighted by Gasteiger charge is -2.25. The minimum Gasteiger partial charge on any atom is -0.444 e. The second-order valence-corrected chi connectivity index (χ2v) is 12.4. The van der Waals surface area contributed by atoms with Gasteiger partial charge in [0.2, 0.25) is 5.91 Å². The van der Waals surface area contributed by atoms with E-state index in [-0.39, 0.29) is 23.7 Å². The SMILES string of the molecule is Cc1cc(C(=O)NC[C@H]2CCCN2C(=O)CCCNC(=O)OC(C)(C)C)c(NCCc2cccc(F)c2)nc1-c1cnn(C)c1. The Kier molecular flexibility index (Phi) is 11.1. The molecule has 3 aromatic rings. The third kappa shape index (κ3) is 9.75. The first-order chi connectivity index (χ1) is 21.4. The highest BCUT2D eigenvalue weighted by Crippen LogP contribution is 2.26. The van der Waals surface area contributed by atoms with Crippen LogP contribution >= 0.6 is 0 Å². The lowest BCUT2D eigenvalue weighted by molar-refractivity contribution is -0.132. The van der Waals surface area contributed by atoms with E-state index in [1.165, 1.54) is 12.1 Å². The lowest BCUT2D eigenvalue weighted by atomic mass is 10.1. The van der Waals surface area contributed by atoms with E-state index in [1.807, 2.05) is 37.2 Å². The number of alkyl carbamates (subject to hydrolysis) is 1. The molecule has 242 valence electrons. The summed E-state index contributed by atoms with van der Waals surface area (Å²) < 4.78 is 20.6. The van der Waals surface area contributed by atoms with Gasteiger partial charge in [0, 0.05) is 57.4 Å². The Hall–Kier alpha value is -4.48. The Labute approximate surface area is 263 Å². The number of benzene rings is 1. The summed E-state index contributed by atoms with van der Waals surface area (Å²) in [5.41, 5.74) is 3.01. The fourth-order valence-corrected chi connectivity index (χ4v) is 5.34. The van der Waals surface area contributed by atoms with Gasteiger partial charge in [0.1, 0.15) is 17.2 Å². The second kappa shape index (κ2) is 15.0. The molecular formula is C33H44FN7O4. The third-order valence-electron chi connectivity index (χ3n) is 7.46. The van der Waals surface area contributed by atoms with Crippen molar-refractivity contribution >= 4 is 23.7 Å². The molecule has 11 nitrogen and oxygen atoms in total. The molecule has 12 heteroatoms. The molecule has 3 heterocycles. The van der Waals surface area contributed by atoms with E-state index in [2.05, 4.69) is 21.0 Å². The Morgan fingerprint density at radius 1 is 1.13 bits per heavy atom. The Morgan fingerprint density at radius 2 is 1.93 bits per heavy atom. The maximum Gasteiger partial charge on any atom is 0.407 e. The molecule has 1 fully saturated rings. The highest BCUT2D eigenvalue weighted by atomic mass is 19.1. The monoisotopic (exact) mass is 621 g/mol. The summed E-state index contributed by atoms with van der Waals surface area (Å²) in [6.45, 7) is 9.02. The Morgan fingerprint density at radius 3 is 2.64 bits per heavy atom. The van der Waals surface area contributed by atoms with Crippen LogP contribution in [0.15, 0.2) is 42.7 Å². The van der Waals surface area contributed by atoms with E-state index in [0.29, 0.717) is 62.5 Å². The maximum absolute atomic E-state index is 13.7. The number of pyridine rings is 1. The molecule has 1 saturated heterocycles. The predicted molar refractivity (Wildman–Crippen MR) is 170 cm³/mol. The largest absolute Gasteiger partial charge is 0.444 e. The minimum atomic E-state index is -0.580. The number of hydrogen-bond donors (Lipinski definition) is 3. The molecule has 1 atom stereocenters. The molecular weight excluding hydrogens is 577 g/mol. The first kappa shape index (κ1) is 33.4. The number of carbonyl (C=O) groups is 3. The van der Waals surface area contributed by atoms with Crippen molar-refractivity contribution in [3.05, 3.63) is 65.2 Å². The summed E-state index contributed by atoms with van der Waals surface area (Å²) in [4.78, 5) is 45.0. The van der Waals surface area contributed by atoms with Crippen molar-refractivity contribution in [2.45, 2.75) is 71.4 Å². The number of anilines is 1. The van der Waals surface area contributed by atoms with E-state index in [0.717, 1.165) is 29.5 Å². The smallest absolute Gasteiger partial charge is 0.407 e. The van der Waals surface area contributed by atoms with Crippen LogP contribution in [0, 0.1) is 12.7 Å². The zero-order valence-corrected chi connectivity index (χ0v) is 26.8. The molecule has 0 spiro atoms. The summed E-state index contributed by atoms with van der Waals surface area (Å²) in [5.74, 6) is -0.171. The third-order valence-corrected chi connectivity index (χ3v) is 7.46. The molecule has 4 rings (SSSR count). The summed E-state index contributed by atoms with van der Waals surface area (Å²) in [7, 11) is 1.83. The average Bonchev–Trinajstić information content (AvgIpc) is 3.62. The molecule has 45 heavy (non-hydrogen) atoms. The van der Waals surface area contributed by atoms with Crippen LogP contribution in [-0.2, 0) is 23.0 Å². The van der Waals surface area contributed by atoms with E-state index in [9.17, 15) is 18.8 Å². The molecule has 0 unspecified atom stereocenters. The van der Waals surface area contributed by atoms with Crippen LogP contribution in [0.1, 0.15) is 67.9 Å². The molecule has 0 saturated carbocycles. The fourth-order valence-electron chi connectivity index (χ4n) is 5.34. The summed E-state index contributed by atoms with van der Waals surface area (Å²) >= 11 is 0. The molecule has 1 aliphatic rings. The lowest BCUT2D eigenvalue weighted by Crippen LogP contribution is -2.43. The van der Waals surface area contributed by atoms with Crippen LogP contribution in [-0.4, -0.2) is 75.4 Å². The van der Waals surface area contributed by atoms with Crippen molar-refractivity contribution in [1.29, 1.82) is 0 Å². The van der Waals surface area contributed by atoms with Crippen LogP contribution in [0.4, 0.5) is 15.0 Å². The second-order valence-electron chi connectivity index (χ2n) is 12.4. The Bertz CT molecular complexity index is 1500. The predicted octanol–water partition coefficient (Wildman–Crippen LogP) is 4.61. The molecule has 3 N–H and O–H groups in total. The minimum absolute atomic E-state index is 0.00391. The molecule has 1 aliphatic heterocycles. The molecule has 2 aromatic heterocycles. The number of nitrogens with zero attached hydrogens (tertiary/aromatic N) is 4. The molecule has 0 aliphatic carbocycles. The van der Waals surface area contributed by atoms with Crippen LogP contribution in [0.2, 0.25) is 0 Å². The topological polar surface area (TPSA) is 130 Å². The van der Waals surface area contributed by atoms with Crippen LogP contribution in [0.5, 0.6) is 0 Å². The zero-order valence-electron chi connectivity index (χ0n) is 26.8. The number of halogens is 1. The van der Waals surface area contributed by atoms with E-state index < -0.39 is 11.7 Å². The molecule has 0 radical (unpaired) electrons. The first-order valence-corrected chi connectivity index (χ1v) is 15.4. The van der Waals surface area contributed by atoms with Gasteiger partial charge in [-0.1, -0.05) is 12.1 Å². The number of hydrogen-bond acceptors (Lipinski definition) is 7. The van der Waals surface area contributed by atoms with Gasteiger partial charge in [-0.2, -0.15) is 5.10 Å². The number of nitrogens with one attached hydrogen (secondary N) is 3. The van der Waals surface area contributed by atoms with E-state index in [4.69, 9.17) is 9.72 Å². The number of ether oxygens (including phenoxy) is 1. The van der Waals surface area contributed by atoms with Crippen molar-refractivity contribution < 1.29 is 23.5 Å². The highest BCUT2D eigenvalue weighted by Gasteiger charge is 2.29. The van der Waals surface area contributed by atoms with E-state index in [1.54, 1.807) is 37.7 Å². The normalized spacial score (nSPS) is 14.7. The van der Waals surface area contributed by atoms with Gasteiger partial charge in [-0.25, -0.2) is 14.2 Å². The number of carbonyl (C=O) groups excluding carboxylic acids is 3. The molecule has 0 bridgehead atoms. The van der Waals surface area contributed by atoms with Crippen molar-refractivity contribution in [3.63, 3.8) is 0 Å². The molecule has 3 amide bonds. The summed E-state index contributed by atoms with van der Waals surface area (Å²) in [6.07, 6.45) is 6.07. The summed E-state index contributed by atoms with van der Waals surface area (Å²) in [5, 5.41) is 13.2. The highest BCUT2D eigenvalue weighted by molar-refractivity contribution is 5.99. The van der Waals surface area contributed by atoms with Crippen LogP contribution < -0.4 is 16.0 Å². The van der Waals surface area contributed by atoms with Gasteiger partial charge < -0.3 is 25.6 Å². The average molecular weight is 622 g/mol. The van der Waals surface area contributed by atoms with Gasteiger partial charge in [0.05, 0.1) is 17.5 Å². The molecule has 1 aromatic carbocycles. The number of rotatable bonds is 12.